The number of hydrogen-bond donors (Lipinski definition) is 1. The van der Waals surface area contributed by atoms with Gasteiger partial charge >= 0.3 is 5.97 Å². The van der Waals surface area contributed by atoms with E-state index in [0.29, 0.717) is 23.4 Å². The molecule has 1 heterocycles. The van der Waals surface area contributed by atoms with Gasteiger partial charge < -0.3 is 9.84 Å². The lowest BCUT2D eigenvalue weighted by atomic mass is 10.1. The Bertz CT molecular complexity index is 967. The standard InChI is InChI=1S/C20H21N3O4/c1-4-5-10-27-20(26)14-6-8-15(9-7-14)22-12-17-13(2)16(11-21)18(24)23(3)19(17)25/h6-9,12,25H,4-5,10H2,1-3H3. The zero-order chi connectivity index (χ0) is 20.0. The van der Waals surface area contributed by atoms with Crippen LogP contribution in [0.25, 0.3) is 0 Å². The summed E-state index contributed by atoms with van der Waals surface area (Å²) in [4.78, 5) is 28.1. The summed E-state index contributed by atoms with van der Waals surface area (Å²) in [6.45, 7) is 3.99. The molecule has 0 fully saturated rings. The molecular formula is C20H21N3O4. The number of nitrogens with zero attached hydrogens (tertiary/aromatic N) is 3. The van der Waals surface area contributed by atoms with E-state index in [2.05, 4.69) is 4.99 Å². The number of unbranched alkanes of at least 4 members (excludes halogenated alkanes) is 1. The smallest absolute Gasteiger partial charge is 0.338 e. The van der Waals surface area contributed by atoms with Crippen molar-refractivity contribution in [3.8, 4) is 11.9 Å². The minimum atomic E-state index is -0.560. The predicted molar refractivity (Wildman–Crippen MR) is 102 cm³/mol. The van der Waals surface area contributed by atoms with E-state index in [1.54, 1.807) is 31.2 Å². The summed E-state index contributed by atoms with van der Waals surface area (Å²) < 4.78 is 6.15. The lowest BCUT2D eigenvalue weighted by molar-refractivity contribution is 0.0500. The van der Waals surface area contributed by atoms with E-state index < -0.39 is 5.56 Å². The number of ether oxygens (including phenoxy) is 1. The molecule has 0 bridgehead atoms. The Labute approximate surface area is 157 Å². The number of benzene rings is 1. The average Bonchev–Trinajstić information content (AvgIpc) is 2.67. The lowest BCUT2D eigenvalue weighted by Crippen LogP contribution is -2.22. The fourth-order valence-electron chi connectivity index (χ4n) is 2.41. The number of nitriles is 1. The van der Waals surface area contributed by atoms with Crippen molar-refractivity contribution >= 4 is 17.9 Å². The average molecular weight is 367 g/mol. The van der Waals surface area contributed by atoms with Crippen LogP contribution < -0.4 is 5.56 Å². The van der Waals surface area contributed by atoms with Crippen LogP contribution in [0.15, 0.2) is 34.1 Å². The maximum absolute atomic E-state index is 12.0. The van der Waals surface area contributed by atoms with Crippen LogP contribution >= 0.6 is 0 Å². The molecule has 2 rings (SSSR count). The first kappa shape index (κ1) is 19.9. The number of hydrogen-bond acceptors (Lipinski definition) is 6. The minimum Gasteiger partial charge on any atom is -0.494 e. The fourth-order valence-corrected chi connectivity index (χ4v) is 2.41. The minimum absolute atomic E-state index is 0.0399. The van der Waals surface area contributed by atoms with E-state index in [9.17, 15) is 14.7 Å². The van der Waals surface area contributed by atoms with Crippen molar-refractivity contribution in [1.29, 1.82) is 5.26 Å². The van der Waals surface area contributed by atoms with Gasteiger partial charge in [0, 0.05) is 13.3 Å². The van der Waals surface area contributed by atoms with Crippen LogP contribution in [0.4, 0.5) is 5.69 Å². The number of pyridine rings is 1. The highest BCUT2D eigenvalue weighted by Crippen LogP contribution is 2.20. The highest BCUT2D eigenvalue weighted by atomic mass is 16.5. The molecule has 0 aliphatic heterocycles. The zero-order valence-electron chi connectivity index (χ0n) is 15.5. The Hall–Kier alpha value is -3.40. The summed E-state index contributed by atoms with van der Waals surface area (Å²) in [5.74, 6) is -0.652. The second kappa shape index (κ2) is 8.81. The van der Waals surface area contributed by atoms with Gasteiger partial charge in [-0.05, 0) is 43.2 Å². The molecule has 7 nitrogen and oxygen atoms in total. The molecule has 140 valence electrons. The largest absolute Gasteiger partial charge is 0.494 e. The number of carbonyl (C=O) groups is 1. The van der Waals surface area contributed by atoms with Gasteiger partial charge in [0.2, 0.25) is 5.88 Å². The Kier molecular flexibility index (Phi) is 6.50. The van der Waals surface area contributed by atoms with Gasteiger partial charge in [-0.2, -0.15) is 5.26 Å². The molecule has 7 heteroatoms. The van der Waals surface area contributed by atoms with E-state index in [0.717, 1.165) is 17.4 Å². The number of aromatic hydroxyl groups is 1. The maximum atomic E-state index is 12.0. The second-order valence-electron chi connectivity index (χ2n) is 6.01. The van der Waals surface area contributed by atoms with Gasteiger partial charge in [-0.1, -0.05) is 13.3 Å². The van der Waals surface area contributed by atoms with Crippen molar-refractivity contribution in [3.05, 3.63) is 56.9 Å². The van der Waals surface area contributed by atoms with Crippen molar-refractivity contribution in [2.24, 2.45) is 12.0 Å². The van der Waals surface area contributed by atoms with Crippen LogP contribution in [0.5, 0.6) is 5.88 Å². The van der Waals surface area contributed by atoms with Gasteiger partial charge in [0.1, 0.15) is 11.6 Å². The fraction of sp³-hybridized carbons (Fsp3) is 0.300. The van der Waals surface area contributed by atoms with Crippen LogP contribution in [-0.4, -0.2) is 28.5 Å². The first-order chi connectivity index (χ1) is 12.9. The first-order valence-corrected chi connectivity index (χ1v) is 8.54. The molecule has 2 aromatic rings. The Morgan fingerprint density at radius 1 is 1.37 bits per heavy atom. The summed E-state index contributed by atoms with van der Waals surface area (Å²) in [7, 11) is 1.38. The van der Waals surface area contributed by atoms with Crippen LogP contribution in [0.1, 0.15) is 46.8 Å². The molecule has 1 aromatic heterocycles. The Morgan fingerprint density at radius 2 is 2.04 bits per heavy atom. The number of rotatable bonds is 6. The van der Waals surface area contributed by atoms with E-state index >= 15 is 0 Å². The zero-order valence-corrected chi connectivity index (χ0v) is 15.5. The van der Waals surface area contributed by atoms with Crippen LogP contribution in [0, 0.1) is 18.3 Å². The van der Waals surface area contributed by atoms with Crippen molar-refractivity contribution in [2.45, 2.75) is 26.7 Å². The highest BCUT2D eigenvalue weighted by molar-refractivity contribution is 5.90. The van der Waals surface area contributed by atoms with Crippen molar-refractivity contribution in [1.82, 2.24) is 4.57 Å². The summed E-state index contributed by atoms with van der Waals surface area (Å²) in [5.41, 5.74) is 1.02. The van der Waals surface area contributed by atoms with Gasteiger partial charge in [0.15, 0.2) is 0 Å². The first-order valence-electron chi connectivity index (χ1n) is 8.54. The van der Waals surface area contributed by atoms with Gasteiger partial charge in [-0.15, -0.1) is 0 Å². The molecule has 0 radical (unpaired) electrons. The maximum Gasteiger partial charge on any atom is 0.338 e. The van der Waals surface area contributed by atoms with Crippen molar-refractivity contribution in [3.63, 3.8) is 0 Å². The van der Waals surface area contributed by atoms with Crippen LogP contribution in [-0.2, 0) is 11.8 Å². The normalized spacial score (nSPS) is 10.7. The SMILES string of the molecule is CCCCOC(=O)c1ccc(N=Cc2c(C)c(C#N)c(=O)n(C)c2O)cc1. The molecule has 0 amide bonds. The highest BCUT2D eigenvalue weighted by Gasteiger charge is 2.15. The van der Waals surface area contributed by atoms with E-state index in [1.807, 2.05) is 13.0 Å². The van der Waals surface area contributed by atoms with E-state index in [4.69, 9.17) is 10.00 Å². The molecule has 0 unspecified atom stereocenters. The van der Waals surface area contributed by atoms with Gasteiger partial charge in [0.05, 0.1) is 23.4 Å². The van der Waals surface area contributed by atoms with Crippen LogP contribution in [0.3, 0.4) is 0 Å². The summed E-state index contributed by atoms with van der Waals surface area (Å²) in [6.07, 6.45) is 3.16. The lowest BCUT2D eigenvalue weighted by Gasteiger charge is -2.09. The molecule has 27 heavy (non-hydrogen) atoms. The summed E-state index contributed by atoms with van der Waals surface area (Å²) in [6, 6.07) is 8.36. The monoisotopic (exact) mass is 367 g/mol. The molecule has 0 saturated heterocycles. The quantitative estimate of drug-likeness (QED) is 0.480. The number of aromatic nitrogens is 1. The summed E-state index contributed by atoms with van der Waals surface area (Å²) >= 11 is 0. The molecule has 0 aliphatic carbocycles. The third-order valence-corrected chi connectivity index (χ3v) is 4.14. The third-order valence-electron chi connectivity index (χ3n) is 4.14. The van der Waals surface area contributed by atoms with Crippen LogP contribution in [0.2, 0.25) is 0 Å². The predicted octanol–water partition coefficient (Wildman–Crippen LogP) is 2.98. The molecule has 0 atom stereocenters. The third kappa shape index (κ3) is 4.42. The van der Waals surface area contributed by atoms with Gasteiger partial charge in [-0.3, -0.25) is 14.4 Å². The molecule has 1 aromatic carbocycles. The Morgan fingerprint density at radius 3 is 2.63 bits per heavy atom. The molecule has 1 N–H and O–H groups in total. The number of aliphatic imine (C=N–C) groups is 1. The van der Waals surface area contributed by atoms with Gasteiger partial charge in [-0.25, -0.2) is 4.79 Å². The van der Waals surface area contributed by atoms with E-state index in [1.165, 1.54) is 13.3 Å². The van der Waals surface area contributed by atoms with Crippen molar-refractivity contribution < 1.29 is 14.6 Å². The number of esters is 1. The van der Waals surface area contributed by atoms with Gasteiger partial charge in [0.25, 0.3) is 5.56 Å². The van der Waals surface area contributed by atoms with Crippen molar-refractivity contribution in [2.75, 3.05) is 6.61 Å². The molecule has 0 saturated carbocycles. The van der Waals surface area contributed by atoms with E-state index in [-0.39, 0.29) is 23.0 Å². The number of carbonyl (C=O) groups excluding carboxylic acids is 1. The molecule has 0 spiro atoms. The molecule has 0 aliphatic rings. The Balaban J connectivity index is 2.25. The summed E-state index contributed by atoms with van der Waals surface area (Å²) in [5, 5.41) is 19.3. The second-order valence-corrected chi connectivity index (χ2v) is 6.01. The molecular weight excluding hydrogens is 346 g/mol. The topological polar surface area (TPSA) is 105 Å².